The molecule has 0 spiro atoms. The fourth-order valence-corrected chi connectivity index (χ4v) is 3.13. The van der Waals surface area contributed by atoms with Crippen molar-refractivity contribution in [1.82, 2.24) is 14.9 Å². The lowest BCUT2D eigenvalue weighted by Gasteiger charge is -2.32. The molecule has 0 unspecified atom stereocenters. The number of carbonyl (C=O) groups excluding carboxylic acids is 1. The lowest BCUT2D eigenvalue weighted by Crippen LogP contribution is -2.42. The maximum Gasteiger partial charge on any atom is 0.409 e. The third kappa shape index (κ3) is 4.03. The maximum atomic E-state index is 11.7. The molecule has 1 amide bonds. The molecular weight excluding hydrogens is 294 g/mol. The standard InChI is InChI=1S/C16H25N5O2/c1-2-23-16(22)21-11-6-13(7-12-21)18-14-5-8-17-15(19-14)20-9-3-4-10-20/h5,8,13H,2-4,6-7,9-12H2,1H3,(H,17,18,19). The van der Waals surface area contributed by atoms with Crippen molar-refractivity contribution in [1.29, 1.82) is 0 Å². The van der Waals surface area contributed by atoms with Crippen LogP contribution in [0.4, 0.5) is 16.6 Å². The van der Waals surface area contributed by atoms with Crippen LogP contribution in [0.1, 0.15) is 32.6 Å². The van der Waals surface area contributed by atoms with Crippen molar-refractivity contribution < 1.29 is 9.53 Å². The first-order valence-electron chi connectivity index (χ1n) is 8.52. The summed E-state index contributed by atoms with van der Waals surface area (Å²) in [5.74, 6) is 1.69. The number of anilines is 2. The van der Waals surface area contributed by atoms with Gasteiger partial charge in [-0.1, -0.05) is 0 Å². The first-order chi connectivity index (χ1) is 11.3. The van der Waals surface area contributed by atoms with E-state index in [4.69, 9.17) is 4.74 Å². The van der Waals surface area contributed by atoms with Gasteiger partial charge in [-0.3, -0.25) is 0 Å². The van der Waals surface area contributed by atoms with Crippen LogP contribution < -0.4 is 10.2 Å². The summed E-state index contributed by atoms with van der Waals surface area (Å²) < 4.78 is 5.05. The van der Waals surface area contributed by atoms with E-state index >= 15 is 0 Å². The van der Waals surface area contributed by atoms with Gasteiger partial charge in [0.2, 0.25) is 5.95 Å². The molecule has 2 fully saturated rings. The van der Waals surface area contributed by atoms with Crippen LogP contribution >= 0.6 is 0 Å². The predicted octanol–water partition coefficient (Wildman–Crippen LogP) is 2.11. The molecule has 3 heterocycles. The van der Waals surface area contributed by atoms with Gasteiger partial charge in [-0.25, -0.2) is 9.78 Å². The number of rotatable bonds is 4. The molecule has 1 aromatic heterocycles. The van der Waals surface area contributed by atoms with E-state index in [9.17, 15) is 4.79 Å². The quantitative estimate of drug-likeness (QED) is 0.916. The normalized spacial score (nSPS) is 19.0. The van der Waals surface area contributed by atoms with Crippen molar-refractivity contribution in [3.05, 3.63) is 12.3 Å². The van der Waals surface area contributed by atoms with Gasteiger partial charge in [0.15, 0.2) is 0 Å². The molecule has 23 heavy (non-hydrogen) atoms. The summed E-state index contributed by atoms with van der Waals surface area (Å²) in [5, 5.41) is 3.48. The zero-order chi connectivity index (χ0) is 16.1. The molecule has 7 nitrogen and oxygen atoms in total. The monoisotopic (exact) mass is 319 g/mol. The summed E-state index contributed by atoms with van der Waals surface area (Å²) in [6, 6.07) is 2.25. The Balaban J connectivity index is 1.52. The van der Waals surface area contributed by atoms with E-state index in [0.717, 1.165) is 50.8 Å². The summed E-state index contributed by atoms with van der Waals surface area (Å²) in [6.45, 7) is 5.79. The average molecular weight is 319 g/mol. The molecule has 3 rings (SSSR count). The van der Waals surface area contributed by atoms with Crippen molar-refractivity contribution in [3.8, 4) is 0 Å². The second kappa shape index (κ2) is 7.48. The van der Waals surface area contributed by atoms with Gasteiger partial charge in [-0.15, -0.1) is 0 Å². The number of piperidine rings is 1. The molecule has 7 heteroatoms. The van der Waals surface area contributed by atoms with Crippen LogP contribution in [0, 0.1) is 0 Å². The van der Waals surface area contributed by atoms with E-state index in [1.54, 1.807) is 4.90 Å². The highest BCUT2D eigenvalue weighted by Gasteiger charge is 2.24. The van der Waals surface area contributed by atoms with E-state index < -0.39 is 0 Å². The van der Waals surface area contributed by atoms with Gasteiger partial charge < -0.3 is 19.9 Å². The third-order valence-electron chi connectivity index (χ3n) is 4.40. The smallest absolute Gasteiger partial charge is 0.409 e. The van der Waals surface area contributed by atoms with E-state index in [2.05, 4.69) is 20.2 Å². The van der Waals surface area contributed by atoms with Gasteiger partial charge >= 0.3 is 6.09 Å². The van der Waals surface area contributed by atoms with E-state index in [-0.39, 0.29) is 6.09 Å². The van der Waals surface area contributed by atoms with Crippen LogP contribution in [0.2, 0.25) is 0 Å². The summed E-state index contributed by atoms with van der Waals surface area (Å²) in [6.07, 6.45) is 5.85. The van der Waals surface area contributed by atoms with Crippen molar-refractivity contribution >= 4 is 17.9 Å². The molecule has 1 aromatic rings. The molecular formula is C16H25N5O2. The zero-order valence-corrected chi connectivity index (χ0v) is 13.7. The van der Waals surface area contributed by atoms with Gasteiger partial charge in [0.1, 0.15) is 5.82 Å². The van der Waals surface area contributed by atoms with E-state index in [1.807, 2.05) is 19.2 Å². The fraction of sp³-hybridized carbons (Fsp3) is 0.688. The first kappa shape index (κ1) is 15.8. The van der Waals surface area contributed by atoms with Crippen LogP contribution in [-0.4, -0.2) is 59.8 Å². The van der Waals surface area contributed by atoms with Crippen LogP contribution in [-0.2, 0) is 4.74 Å². The van der Waals surface area contributed by atoms with Gasteiger partial charge in [0.05, 0.1) is 6.61 Å². The van der Waals surface area contributed by atoms with Crippen LogP contribution in [0.5, 0.6) is 0 Å². The highest BCUT2D eigenvalue weighted by molar-refractivity contribution is 5.67. The molecule has 0 bridgehead atoms. The van der Waals surface area contributed by atoms with E-state index in [1.165, 1.54) is 12.8 Å². The zero-order valence-electron chi connectivity index (χ0n) is 13.7. The summed E-state index contributed by atoms with van der Waals surface area (Å²) in [7, 11) is 0. The molecule has 2 saturated heterocycles. The number of ether oxygens (including phenoxy) is 1. The fourth-order valence-electron chi connectivity index (χ4n) is 3.13. The van der Waals surface area contributed by atoms with Gasteiger partial charge in [0, 0.05) is 38.4 Å². The minimum Gasteiger partial charge on any atom is -0.450 e. The maximum absolute atomic E-state index is 11.7. The van der Waals surface area contributed by atoms with Gasteiger partial charge in [0.25, 0.3) is 0 Å². The Labute approximate surface area is 137 Å². The Kier molecular flexibility index (Phi) is 5.15. The molecule has 1 N–H and O–H groups in total. The highest BCUT2D eigenvalue weighted by Crippen LogP contribution is 2.19. The number of nitrogens with one attached hydrogen (secondary N) is 1. The molecule has 0 radical (unpaired) electrons. The van der Waals surface area contributed by atoms with Gasteiger partial charge in [-0.2, -0.15) is 4.98 Å². The third-order valence-corrected chi connectivity index (χ3v) is 4.40. The Bertz CT molecular complexity index is 525. The number of amides is 1. The molecule has 0 saturated carbocycles. The molecule has 2 aliphatic rings. The second-order valence-electron chi connectivity index (χ2n) is 6.04. The van der Waals surface area contributed by atoms with Crippen LogP contribution in [0.3, 0.4) is 0 Å². The minimum atomic E-state index is -0.204. The Morgan fingerprint density at radius 2 is 2.04 bits per heavy atom. The summed E-state index contributed by atoms with van der Waals surface area (Å²) in [4.78, 5) is 24.7. The number of hydrogen-bond acceptors (Lipinski definition) is 6. The number of likely N-dealkylation sites (tertiary alicyclic amines) is 1. The number of carbonyl (C=O) groups is 1. The topological polar surface area (TPSA) is 70.6 Å². The molecule has 0 atom stereocenters. The summed E-state index contributed by atoms with van der Waals surface area (Å²) >= 11 is 0. The molecule has 0 aliphatic carbocycles. The second-order valence-corrected chi connectivity index (χ2v) is 6.04. The molecule has 126 valence electrons. The van der Waals surface area contributed by atoms with Crippen molar-refractivity contribution in [2.45, 2.75) is 38.6 Å². The average Bonchev–Trinajstić information content (AvgIpc) is 3.11. The van der Waals surface area contributed by atoms with Crippen LogP contribution in [0.15, 0.2) is 12.3 Å². The van der Waals surface area contributed by atoms with Crippen molar-refractivity contribution in [2.24, 2.45) is 0 Å². The minimum absolute atomic E-state index is 0.204. The lowest BCUT2D eigenvalue weighted by molar-refractivity contribution is 0.0983. The number of nitrogens with zero attached hydrogens (tertiary/aromatic N) is 4. The largest absolute Gasteiger partial charge is 0.450 e. The Morgan fingerprint density at radius 3 is 2.74 bits per heavy atom. The SMILES string of the molecule is CCOC(=O)N1CCC(Nc2ccnc(N3CCCC3)n2)CC1. The van der Waals surface area contributed by atoms with Crippen molar-refractivity contribution in [2.75, 3.05) is 43.0 Å². The highest BCUT2D eigenvalue weighted by atomic mass is 16.6. The first-order valence-corrected chi connectivity index (χ1v) is 8.52. The predicted molar refractivity (Wildman–Crippen MR) is 88.7 cm³/mol. The van der Waals surface area contributed by atoms with Gasteiger partial charge in [-0.05, 0) is 38.7 Å². The summed E-state index contributed by atoms with van der Waals surface area (Å²) in [5.41, 5.74) is 0. The van der Waals surface area contributed by atoms with E-state index in [0.29, 0.717) is 12.6 Å². The van der Waals surface area contributed by atoms with Crippen molar-refractivity contribution in [3.63, 3.8) is 0 Å². The number of hydrogen-bond donors (Lipinski definition) is 1. The molecule has 0 aromatic carbocycles. The van der Waals surface area contributed by atoms with Crippen LogP contribution in [0.25, 0.3) is 0 Å². The Hall–Kier alpha value is -2.05. The molecule has 2 aliphatic heterocycles. The number of aromatic nitrogens is 2. The lowest BCUT2D eigenvalue weighted by atomic mass is 10.1. The Morgan fingerprint density at radius 1 is 1.30 bits per heavy atom.